The summed E-state index contributed by atoms with van der Waals surface area (Å²) in [5.41, 5.74) is 7.38. The molecule has 1 aromatic carbocycles. The summed E-state index contributed by atoms with van der Waals surface area (Å²) >= 11 is 0. The van der Waals surface area contributed by atoms with Crippen molar-refractivity contribution in [2.75, 3.05) is 13.7 Å². The SMILES string of the molecule is COc1cc(C2C(C#N)=C(N)OC3=C2C(=O)CC(C)(C)C3)ccc1OCC(C)C. The molecule has 0 spiro atoms. The number of methoxy groups -OCH3 is 1. The maximum Gasteiger partial charge on any atom is 0.205 e. The predicted octanol–water partition coefficient (Wildman–Crippen LogP) is 4.18. The van der Waals surface area contributed by atoms with Crippen LogP contribution in [0, 0.1) is 22.7 Å². The van der Waals surface area contributed by atoms with Crippen molar-refractivity contribution in [3.05, 3.63) is 46.6 Å². The fourth-order valence-electron chi connectivity index (χ4n) is 3.86. The van der Waals surface area contributed by atoms with Crippen molar-refractivity contribution in [2.45, 2.75) is 46.5 Å². The Balaban J connectivity index is 2.08. The lowest BCUT2D eigenvalue weighted by atomic mass is 9.70. The van der Waals surface area contributed by atoms with Gasteiger partial charge in [-0.05, 0) is 29.0 Å². The largest absolute Gasteiger partial charge is 0.493 e. The number of nitrogens with zero attached hydrogens (tertiary/aromatic N) is 1. The third kappa shape index (κ3) is 4.09. The second kappa shape index (κ2) is 7.82. The third-order valence-corrected chi connectivity index (χ3v) is 5.17. The van der Waals surface area contributed by atoms with Gasteiger partial charge in [0.1, 0.15) is 17.4 Å². The molecule has 3 rings (SSSR count). The van der Waals surface area contributed by atoms with Gasteiger partial charge < -0.3 is 19.9 Å². The van der Waals surface area contributed by atoms with Crippen LogP contribution in [0.3, 0.4) is 0 Å². The van der Waals surface area contributed by atoms with Crippen molar-refractivity contribution in [1.29, 1.82) is 5.26 Å². The van der Waals surface area contributed by atoms with Crippen LogP contribution in [0.1, 0.15) is 52.0 Å². The maximum absolute atomic E-state index is 13.0. The topological polar surface area (TPSA) is 94.6 Å². The number of Topliss-reactive ketones (excluding diaryl/α,β-unsaturated/α-hetero) is 1. The summed E-state index contributed by atoms with van der Waals surface area (Å²) in [6, 6.07) is 7.63. The number of hydrogen-bond donors (Lipinski definition) is 1. The van der Waals surface area contributed by atoms with E-state index in [1.165, 1.54) is 0 Å². The first-order valence-corrected chi connectivity index (χ1v) is 9.81. The number of rotatable bonds is 5. The Morgan fingerprint density at radius 3 is 2.66 bits per heavy atom. The highest BCUT2D eigenvalue weighted by Gasteiger charge is 2.43. The molecule has 0 bridgehead atoms. The van der Waals surface area contributed by atoms with Crippen LogP contribution < -0.4 is 15.2 Å². The van der Waals surface area contributed by atoms with E-state index in [0.717, 1.165) is 5.56 Å². The molecule has 1 heterocycles. The van der Waals surface area contributed by atoms with Gasteiger partial charge in [0, 0.05) is 18.4 Å². The average Bonchev–Trinajstić information content (AvgIpc) is 2.64. The molecule has 0 saturated heterocycles. The van der Waals surface area contributed by atoms with Crippen molar-refractivity contribution in [3.8, 4) is 17.6 Å². The third-order valence-electron chi connectivity index (χ3n) is 5.17. The van der Waals surface area contributed by atoms with E-state index < -0.39 is 5.92 Å². The molecule has 0 amide bonds. The number of nitriles is 1. The quantitative estimate of drug-likeness (QED) is 0.802. The van der Waals surface area contributed by atoms with Crippen LogP contribution in [0.4, 0.5) is 0 Å². The minimum Gasteiger partial charge on any atom is -0.493 e. The minimum atomic E-state index is -0.569. The smallest absolute Gasteiger partial charge is 0.205 e. The molecule has 1 unspecified atom stereocenters. The first kappa shape index (κ1) is 20.8. The highest BCUT2D eigenvalue weighted by molar-refractivity contribution is 6.00. The fourth-order valence-corrected chi connectivity index (χ4v) is 3.86. The predicted molar refractivity (Wildman–Crippen MR) is 109 cm³/mol. The van der Waals surface area contributed by atoms with Gasteiger partial charge in [-0.3, -0.25) is 4.79 Å². The summed E-state index contributed by atoms with van der Waals surface area (Å²) in [5.74, 6) is 1.58. The summed E-state index contributed by atoms with van der Waals surface area (Å²) in [7, 11) is 1.57. The van der Waals surface area contributed by atoms with Gasteiger partial charge in [-0.1, -0.05) is 33.8 Å². The van der Waals surface area contributed by atoms with Gasteiger partial charge in [0.05, 0.1) is 19.6 Å². The number of carbonyl (C=O) groups is 1. The first-order valence-electron chi connectivity index (χ1n) is 9.81. The molecule has 1 atom stereocenters. The van der Waals surface area contributed by atoms with Crippen molar-refractivity contribution < 1.29 is 19.0 Å². The van der Waals surface area contributed by atoms with E-state index in [1.807, 2.05) is 32.0 Å². The van der Waals surface area contributed by atoms with Gasteiger partial charge in [0.25, 0.3) is 0 Å². The van der Waals surface area contributed by atoms with E-state index in [0.29, 0.717) is 48.2 Å². The fraction of sp³-hybridized carbons (Fsp3) is 0.478. The van der Waals surface area contributed by atoms with Crippen LogP contribution in [0.25, 0.3) is 0 Å². The van der Waals surface area contributed by atoms with Gasteiger partial charge >= 0.3 is 0 Å². The Bertz CT molecular complexity index is 935. The molecule has 2 aliphatic rings. The summed E-state index contributed by atoms with van der Waals surface area (Å²) in [5, 5.41) is 9.74. The normalized spacial score (nSPS) is 20.9. The molecule has 1 aromatic rings. The molecule has 6 nitrogen and oxygen atoms in total. The van der Waals surface area contributed by atoms with Crippen LogP contribution in [-0.2, 0) is 9.53 Å². The van der Waals surface area contributed by atoms with Crippen LogP contribution in [-0.4, -0.2) is 19.5 Å². The number of benzene rings is 1. The Labute approximate surface area is 171 Å². The molecule has 2 N–H and O–H groups in total. The van der Waals surface area contributed by atoms with E-state index in [2.05, 4.69) is 19.9 Å². The van der Waals surface area contributed by atoms with Gasteiger partial charge in [-0.25, -0.2) is 0 Å². The van der Waals surface area contributed by atoms with E-state index in [1.54, 1.807) is 7.11 Å². The summed E-state index contributed by atoms with van der Waals surface area (Å²) in [6.07, 6.45) is 0.994. The lowest BCUT2D eigenvalue weighted by Crippen LogP contribution is -2.33. The van der Waals surface area contributed by atoms with Gasteiger partial charge in [-0.15, -0.1) is 0 Å². The highest BCUT2D eigenvalue weighted by atomic mass is 16.5. The standard InChI is InChI=1S/C23H28N2O4/c1-13(2)12-28-17-7-6-14(8-18(17)27-5)20-15(11-24)22(25)29-19-10-23(3,4)9-16(26)21(19)20/h6-8,13,20H,9-10,12,25H2,1-5H3. The van der Waals surface area contributed by atoms with E-state index in [-0.39, 0.29) is 22.7 Å². The van der Waals surface area contributed by atoms with E-state index >= 15 is 0 Å². The molecular formula is C23H28N2O4. The lowest BCUT2D eigenvalue weighted by Gasteiger charge is -2.37. The first-order chi connectivity index (χ1) is 13.7. The Hall–Kier alpha value is -2.94. The Morgan fingerprint density at radius 1 is 1.31 bits per heavy atom. The zero-order valence-corrected chi connectivity index (χ0v) is 17.7. The van der Waals surface area contributed by atoms with Gasteiger partial charge in [0.15, 0.2) is 17.3 Å². The lowest BCUT2D eigenvalue weighted by molar-refractivity contribution is -0.119. The molecule has 0 fully saturated rings. The van der Waals surface area contributed by atoms with Crippen LogP contribution in [0.5, 0.6) is 11.5 Å². The van der Waals surface area contributed by atoms with Gasteiger partial charge in [0.2, 0.25) is 5.88 Å². The molecule has 1 aliphatic carbocycles. The van der Waals surface area contributed by atoms with E-state index in [9.17, 15) is 10.1 Å². The van der Waals surface area contributed by atoms with Gasteiger partial charge in [-0.2, -0.15) is 5.26 Å². The number of ketones is 1. The summed E-state index contributed by atoms with van der Waals surface area (Å²) < 4.78 is 17.1. The molecule has 6 heteroatoms. The number of carbonyl (C=O) groups excluding carboxylic acids is 1. The number of hydrogen-bond acceptors (Lipinski definition) is 6. The molecule has 0 radical (unpaired) electrons. The van der Waals surface area contributed by atoms with Crippen molar-refractivity contribution >= 4 is 5.78 Å². The highest BCUT2D eigenvalue weighted by Crippen LogP contribution is 2.48. The number of nitrogens with two attached hydrogens (primary N) is 1. The molecule has 0 saturated carbocycles. The molecule has 1 aliphatic heterocycles. The van der Waals surface area contributed by atoms with Crippen LogP contribution in [0.2, 0.25) is 0 Å². The second-order valence-electron chi connectivity index (χ2n) is 8.82. The summed E-state index contributed by atoms with van der Waals surface area (Å²) in [4.78, 5) is 13.0. The van der Waals surface area contributed by atoms with E-state index in [4.69, 9.17) is 19.9 Å². The summed E-state index contributed by atoms with van der Waals surface area (Å²) in [6.45, 7) is 8.75. The van der Waals surface area contributed by atoms with Crippen LogP contribution in [0.15, 0.2) is 41.0 Å². The molecule has 0 aromatic heterocycles. The molecular weight excluding hydrogens is 368 g/mol. The van der Waals surface area contributed by atoms with Crippen molar-refractivity contribution in [1.82, 2.24) is 0 Å². The van der Waals surface area contributed by atoms with Crippen molar-refractivity contribution in [3.63, 3.8) is 0 Å². The number of allylic oxidation sites excluding steroid dienone is 3. The average molecular weight is 396 g/mol. The Morgan fingerprint density at radius 2 is 2.03 bits per heavy atom. The molecule has 154 valence electrons. The zero-order chi connectivity index (χ0) is 21.3. The number of ether oxygens (including phenoxy) is 3. The monoisotopic (exact) mass is 396 g/mol. The minimum absolute atomic E-state index is 0.0133. The Kier molecular flexibility index (Phi) is 5.61. The van der Waals surface area contributed by atoms with Crippen LogP contribution >= 0.6 is 0 Å². The zero-order valence-electron chi connectivity index (χ0n) is 17.7. The second-order valence-corrected chi connectivity index (χ2v) is 8.82. The van der Waals surface area contributed by atoms with Crippen molar-refractivity contribution in [2.24, 2.45) is 17.1 Å². The maximum atomic E-state index is 13.0. The molecule has 29 heavy (non-hydrogen) atoms.